The van der Waals surface area contributed by atoms with E-state index >= 15 is 0 Å². The highest BCUT2D eigenvalue weighted by Crippen LogP contribution is 2.32. The fourth-order valence-electron chi connectivity index (χ4n) is 2.79. The number of hydrogen-bond donors (Lipinski definition) is 1. The van der Waals surface area contributed by atoms with E-state index in [4.69, 9.17) is 0 Å². The van der Waals surface area contributed by atoms with E-state index in [0.29, 0.717) is 28.0 Å². The Morgan fingerprint density at radius 3 is 2.71 bits per heavy atom. The molecule has 0 fully saturated rings. The maximum Gasteiger partial charge on any atom is 0.299 e. The number of hydrogen-bond acceptors (Lipinski definition) is 4. The number of benzene rings is 2. The van der Waals surface area contributed by atoms with Gasteiger partial charge in [-0.25, -0.2) is 4.98 Å². The third kappa shape index (κ3) is 2.25. The number of aromatic nitrogens is 2. The number of fused-ring (bicyclic) bond motifs is 2. The quantitative estimate of drug-likeness (QED) is 0.688. The smallest absolute Gasteiger partial charge is 0.299 e. The molecule has 0 spiro atoms. The summed E-state index contributed by atoms with van der Waals surface area (Å²) in [6.45, 7) is 0.0271. The van der Waals surface area contributed by atoms with E-state index in [2.05, 4.69) is 25.9 Å². The number of ketones is 1. The van der Waals surface area contributed by atoms with Crippen molar-refractivity contribution in [3.8, 4) is 0 Å². The SMILES string of the molecule is O=C1C(=O)N(Cc2nc3ccccc3c(=O)[nH]2)c2ccc(Br)cc21. The van der Waals surface area contributed by atoms with Gasteiger partial charge in [-0.15, -0.1) is 0 Å². The molecule has 1 aliphatic rings. The Balaban J connectivity index is 1.78. The molecule has 3 aromatic rings. The van der Waals surface area contributed by atoms with E-state index in [-0.39, 0.29) is 12.1 Å². The first-order valence-corrected chi connectivity index (χ1v) is 7.97. The number of aromatic amines is 1. The molecule has 4 rings (SSSR count). The van der Waals surface area contributed by atoms with Gasteiger partial charge in [-0.3, -0.25) is 19.3 Å². The summed E-state index contributed by atoms with van der Waals surface area (Å²) >= 11 is 3.29. The highest BCUT2D eigenvalue weighted by molar-refractivity contribution is 9.10. The van der Waals surface area contributed by atoms with Crippen molar-refractivity contribution < 1.29 is 9.59 Å². The van der Waals surface area contributed by atoms with Gasteiger partial charge in [0.15, 0.2) is 0 Å². The summed E-state index contributed by atoms with van der Waals surface area (Å²) in [6, 6.07) is 12.0. The lowest BCUT2D eigenvalue weighted by Gasteiger charge is -2.16. The lowest BCUT2D eigenvalue weighted by molar-refractivity contribution is -0.114. The lowest BCUT2D eigenvalue weighted by atomic mass is 10.1. The molecule has 0 saturated heterocycles. The Morgan fingerprint density at radius 2 is 1.88 bits per heavy atom. The van der Waals surface area contributed by atoms with Gasteiger partial charge in [0.05, 0.1) is 28.7 Å². The zero-order valence-corrected chi connectivity index (χ0v) is 13.8. The van der Waals surface area contributed by atoms with Gasteiger partial charge in [0.1, 0.15) is 5.82 Å². The molecule has 1 aliphatic heterocycles. The average molecular weight is 384 g/mol. The van der Waals surface area contributed by atoms with Gasteiger partial charge in [0.25, 0.3) is 17.2 Å². The van der Waals surface area contributed by atoms with Crippen LogP contribution < -0.4 is 10.5 Å². The van der Waals surface area contributed by atoms with Crippen LogP contribution in [0.15, 0.2) is 51.7 Å². The second-order valence-corrected chi connectivity index (χ2v) is 6.33. The lowest BCUT2D eigenvalue weighted by Crippen LogP contribution is -2.30. The van der Waals surface area contributed by atoms with Crippen molar-refractivity contribution >= 4 is 44.2 Å². The number of Topliss-reactive ketones (excluding diaryl/α,β-unsaturated/α-hetero) is 1. The third-order valence-corrected chi connectivity index (χ3v) is 4.40. The zero-order chi connectivity index (χ0) is 16.8. The summed E-state index contributed by atoms with van der Waals surface area (Å²) in [7, 11) is 0. The van der Waals surface area contributed by atoms with E-state index < -0.39 is 11.7 Å². The molecule has 0 aliphatic carbocycles. The van der Waals surface area contributed by atoms with Crippen molar-refractivity contribution in [2.45, 2.75) is 6.54 Å². The van der Waals surface area contributed by atoms with Crippen molar-refractivity contribution in [3.05, 3.63) is 68.7 Å². The predicted octanol–water partition coefficient (Wildman–Crippen LogP) is 2.42. The van der Waals surface area contributed by atoms with Crippen molar-refractivity contribution in [1.29, 1.82) is 0 Å². The molecule has 118 valence electrons. The summed E-state index contributed by atoms with van der Waals surface area (Å²) in [4.78, 5) is 44.9. The van der Waals surface area contributed by atoms with Crippen molar-refractivity contribution in [1.82, 2.24) is 9.97 Å². The van der Waals surface area contributed by atoms with Gasteiger partial charge in [-0.2, -0.15) is 0 Å². The Hall–Kier alpha value is -2.80. The fraction of sp³-hybridized carbons (Fsp3) is 0.0588. The number of carbonyl (C=O) groups is 2. The van der Waals surface area contributed by atoms with Crippen LogP contribution in [-0.4, -0.2) is 21.7 Å². The van der Waals surface area contributed by atoms with Crippen LogP contribution in [-0.2, 0) is 11.3 Å². The van der Waals surface area contributed by atoms with Crippen LogP contribution in [0.5, 0.6) is 0 Å². The summed E-state index contributed by atoms with van der Waals surface area (Å²) in [5.41, 5.74) is 1.14. The number of anilines is 1. The van der Waals surface area contributed by atoms with Crippen molar-refractivity contribution in [2.24, 2.45) is 0 Å². The Bertz CT molecular complexity index is 1070. The first-order chi connectivity index (χ1) is 11.5. The van der Waals surface area contributed by atoms with E-state index in [1.165, 1.54) is 4.90 Å². The van der Waals surface area contributed by atoms with Crippen LogP contribution in [0, 0.1) is 0 Å². The number of nitrogens with zero attached hydrogens (tertiary/aromatic N) is 2. The second kappa shape index (κ2) is 5.38. The van der Waals surface area contributed by atoms with Gasteiger partial charge in [-0.1, -0.05) is 28.1 Å². The van der Waals surface area contributed by atoms with Crippen LogP contribution in [0.1, 0.15) is 16.2 Å². The number of halogens is 1. The highest BCUT2D eigenvalue weighted by atomic mass is 79.9. The van der Waals surface area contributed by atoms with E-state index in [0.717, 1.165) is 4.47 Å². The largest absolute Gasteiger partial charge is 0.308 e. The molecule has 0 radical (unpaired) electrons. The number of amides is 1. The predicted molar refractivity (Wildman–Crippen MR) is 92.0 cm³/mol. The number of carbonyl (C=O) groups excluding carboxylic acids is 2. The molecule has 2 aromatic carbocycles. The van der Waals surface area contributed by atoms with Crippen LogP contribution in [0.25, 0.3) is 10.9 Å². The molecule has 1 aromatic heterocycles. The highest BCUT2D eigenvalue weighted by Gasteiger charge is 2.36. The van der Waals surface area contributed by atoms with Crippen LogP contribution in [0.4, 0.5) is 5.69 Å². The molecule has 1 amide bonds. The van der Waals surface area contributed by atoms with E-state index in [9.17, 15) is 14.4 Å². The van der Waals surface area contributed by atoms with Gasteiger partial charge >= 0.3 is 0 Å². The summed E-state index contributed by atoms with van der Waals surface area (Å²) in [6.07, 6.45) is 0. The monoisotopic (exact) mass is 383 g/mol. The molecule has 0 bridgehead atoms. The van der Waals surface area contributed by atoms with Gasteiger partial charge in [0, 0.05) is 4.47 Å². The van der Waals surface area contributed by atoms with Gasteiger partial charge < -0.3 is 4.98 Å². The van der Waals surface area contributed by atoms with Gasteiger partial charge in [0.2, 0.25) is 0 Å². The minimum atomic E-state index is -0.626. The summed E-state index contributed by atoms with van der Waals surface area (Å²) < 4.78 is 0.724. The molecule has 0 atom stereocenters. The number of rotatable bonds is 2. The maximum absolute atomic E-state index is 12.3. The molecule has 6 nitrogen and oxygen atoms in total. The zero-order valence-electron chi connectivity index (χ0n) is 12.2. The number of H-pyrrole nitrogens is 1. The molecule has 2 heterocycles. The molecule has 1 N–H and O–H groups in total. The number of nitrogens with one attached hydrogen (secondary N) is 1. The molecule has 0 saturated carbocycles. The summed E-state index contributed by atoms with van der Waals surface area (Å²) in [5.74, 6) is -0.857. The van der Waals surface area contributed by atoms with Crippen LogP contribution in [0.3, 0.4) is 0 Å². The molecular formula is C17H10BrN3O3. The minimum Gasteiger partial charge on any atom is -0.308 e. The maximum atomic E-state index is 12.3. The third-order valence-electron chi connectivity index (χ3n) is 3.90. The minimum absolute atomic E-state index is 0.0271. The van der Waals surface area contributed by atoms with Crippen molar-refractivity contribution in [3.63, 3.8) is 0 Å². The molecule has 0 unspecified atom stereocenters. The summed E-state index contributed by atoms with van der Waals surface area (Å²) in [5, 5.41) is 0.481. The Morgan fingerprint density at radius 1 is 1.08 bits per heavy atom. The molecule has 7 heteroatoms. The Kier molecular flexibility index (Phi) is 3.31. The second-order valence-electron chi connectivity index (χ2n) is 5.41. The van der Waals surface area contributed by atoms with Crippen LogP contribution in [0.2, 0.25) is 0 Å². The van der Waals surface area contributed by atoms with Gasteiger partial charge in [-0.05, 0) is 30.3 Å². The fourth-order valence-corrected chi connectivity index (χ4v) is 3.15. The van der Waals surface area contributed by atoms with Crippen molar-refractivity contribution in [2.75, 3.05) is 4.90 Å². The molecular weight excluding hydrogens is 374 g/mol. The number of para-hydroxylation sites is 1. The average Bonchev–Trinajstić information content (AvgIpc) is 2.80. The van der Waals surface area contributed by atoms with Crippen LogP contribution >= 0.6 is 15.9 Å². The molecule has 24 heavy (non-hydrogen) atoms. The first kappa shape index (κ1) is 14.8. The van der Waals surface area contributed by atoms with E-state index in [1.807, 2.05) is 0 Å². The normalized spacial score (nSPS) is 13.6. The Labute approximate surface area is 144 Å². The van der Waals surface area contributed by atoms with E-state index in [1.54, 1.807) is 42.5 Å². The standard InChI is InChI=1S/C17H10BrN3O3/c18-9-5-6-13-11(7-9)15(22)17(24)21(13)8-14-19-12-4-2-1-3-10(12)16(23)20-14/h1-7H,8H2,(H,19,20,23). The first-order valence-electron chi connectivity index (χ1n) is 7.18. The topological polar surface area (TPSA) is 83.1 Å².